The molecule has 122 valence electrons. The van der Waals surface area contributed by atoms with Gasteiger partial charge < -0.3 is 10.2 Å². The first-order valence-corrected chi connectivity index (χ1v) is 8.90. The van der Waals surface area contributed by atoms with E-state index in [0.29, 0.717) is 11.5 Å². The maximum Gasteiger partial charge on any atom is 0.251 e. The van der Waals surface area contributed by atoms with E-state index in [1.165, 1.54) is 17.8 Å². The molecule has 1 N–H and O–H groups in total. The van der Waals surface area contributed by atoms with Crippen molar-refractivity contribution in [3.8, 4) is 0 Å². The fraction of sp³-hybridized carbons (Fsp3) is 0.444. The standard InChI is InChI=1S/C18H23N3OS/c1-12(16-11-23-18(20-16)14-7-8-14)19-17(22)15-6-4-5-13(9-15)10-21(2)3/h4-6,9,11-12,14H,7-8,10H2,1-3H3,(H,19,22)/t12-/m1/s1. The molecule has 1 atom stereocenters. The Morgan fingerprint density at radius 3 is 2.91 bits per heavy atom. The Bertz CT molecular complexity index is 691. The number of carbonyl (C=O) groups is 1. The minimum Gasteiger partial charge on any atom is -0.344 e. The first-order valence-electron chi connectivity index (χ1n) is 8.03. The molecule has 2 aromatic rings. The normalized spacial score (nSPS) is 15.7. The molecule has 3 rings (SSSR count). The summed E-state index contributed by atoms with van der Waals surface area (Å²) >= 11 is 1.71. The molecule has 1 heterocycles. The Labute approximate surface area is 141 Å². The van der Waals surface area contributed by atoms with Crippen LogP contribution in [0.1, 0.15) is 58.3 Å². The maximum atomic E-state index is 12.5. The van der Waals surface area contributed by atoms with Crippen LogP contribution in [0.2, 0.25) is 0 Å². The molecule has 1 fully saturated rings. The minimum atomic E-state index is -0.0660. The SMILES string of the molecule is C[C@@H](NC(=O)c1cccc(CN(C)C)c1)c1csc(C2CC2)n1. The van der Waals surface area contributed by atoms with Crippen molar-refractivity contribution < 1.29 is 4.79 Å². The van der Waals surface area contributed by atoms with Gasteiger partial charge in [-0.25, -0.2) is 4.98 Å². The van der Waals surface area contributed by atoms with E-state index >= 15 is 0 Å². The molecular formula is C18H23N3OS. The summed E-state index contributed by atoms with van der Waals surface area (Å²) in [5.41, 5.74) is 2.81. The molecular weight excluding hydrogens is 306 g/mol. The Morgan fingerprint density at radius 2 is 2.22 bits per heavy atom. The molecule has 1 aromatic carbocycles. The molecule has 0 spiro atoms. The third-order valence-corrected chi connectivity index (χ3v) is 4.97. The number of rotatable bonds is 6. The lowest BCUT2D eigenvalue weighted by molar-refractivity contribution is 0.0939. The summed E-state index contributed by atoms with van der Waals surface area (Å²) in [7, 11) is 4.04. The van der Waals surface area contributed by atoms with Crippen LogP contribution in [0.3, 0.4) is 0 Å². The lowest BCUT2D eigenvalue weighted by Crippen LogP contribution is -2.27. The summed E-state index contributed by atoms with van der Waals surface area (Å²) in [6, 6.07) is 7.73. The molecule has 1 aliphatic rings. The summed E-state index contributed by atoms with van der Waals surface area (Å²) in [5, 5.41) is 6.34. The number of nitrogens with one attached hydrogen (secondary N) is 1. The molecule has 1 aromatic heterocycles. The Hall–Kier alpha value is -1.72. The van der Waals surface area contributed by atoms with Gasteiger partial charge in [-0.15, -0.1) is 11.3 Å². The fourth-order valence-electron chi connectivity index (χ4n) is 2.55. The van der Waals surface area contributed by atoms with Gasteiger partial charge in [-0.1, -0.05) is 12.1 Å². The van der Waals surface area contributed by atoms with E-state index in [1.54, 1.807) is 11.3 Å². The first kappa shape index (κ1) is 16.1. The number of aromatic nitrogens is 1. The summed E-state index contributed by atoms with van der Waals surface area (Å²) in [5.74, 6) is 0.624. The van der Waals surface area contributed by atoms with Crippen LogP contribution in [-0.2, 0) is 6.54 Å². The van der Waals surface area contributed by atoms with Gasteiger partial charge in [0.25, 0.3) is 5.91 Å². The highest BCUT2D eigenvalue weighted by atomic mass is 32.1. The van der Waals surface area contributed by atoms with E-state index in [1.807, 2.05) is 45.3 Å². The third-order valence-electron chi connectivity index (χ3n) is 3.95. The van der Waals surface area contributed by atoms with Crippen LogP contribution in [0.15, 0.2) is 29.6 Å². The summed E-state index contributed by atoms with van der Waals surface area (Å²) in [6.07, 6.45) is 2.51. The molecule has 0 aliphatic heterocycles. The van der Waals surface area contributed by atoms with Crippen LogP contribution in [0.4, 0.5) is 0 Å². The topological polar surface area (TPSA) is 45.2 Å². The molecule has 23 heavy (non-hydrogen) atoms. The van der Waals surface area contributed by atoms with Gasteiger partial charge in [0.15, 0.2) is 0 Å². The molecule has 1 amide bonds. The van der Waals surface area contributed by atoms with Gasteiger partial charge in [-0.05, 0) is 51.6 Å². The van der Waals surface area contributed by atoms with Gasteiger partial charge in [0.1, 0.15) is 0 Å². The molecule has 0 radical (unpaired) electrons. The van der Waals surface area contributed by atoms with Gasteiger partial charge in [0.2, 0.25) is 0 Å². The van der Waals surface area contributed by atoms with Crippen LogP contribution in [0, 0.1) is 0 Å². The van der Waals surface area contributed by atoms with Crippen LogP contribution in [0.25, 0.3) is 0 Å². The van der Waals surface area contributed by atoms with Gasteiger partial charge in [-0.2, -0.15) is 0 Å². The highest BCUT2D eigenvalue weighted by Crippen LogP contribution is 2.41. The number of benzene rings is 1. The average Bonchev–Trinajstić information content (AvgIpc) is 3.24. The van der Waals surface area contributed by atoms with Crippen molar-refractivity contribution >= 4 is 17.2 Å². The zero-order valence-corrected chi connectivity index (χ0v) is 14.7. The molecule has 1 aliphatic carbocycles. The second-order valence-electron chi connectivity index (χ2n) is 6.52. The number of thiazole rings is 1. The smallest absolute Gasteiger partial charge is 0.251 e. The Morgan fingerprint density at radius 1 is 1.43 bits per heavy atom. The lowest BCUT2D eigenvalue weighted by atomic mass is 10.1. The summed E-state index contributed by atoms with van der Waals surface area (Å²) in [4.78, 5) is 19.2. The van der Waals surface area contributed by atoms with Crippen molar-refractivity contribution in [3.05, 3.63) is 51.5 Å². The molecule has 0 saturated heterocycles. The van der Waals surface area contributed by atoms with Crippen molar-refractivity contribution in [3.63, 3.8) is 0 Å². The summed E-state index contributed by atoms with van der Waals surface area (Å²) in [6.45, 7) is 2.82. The highest BCUT2D eigenvalue weighted by molar-refractivity contribution is 7.09. The van der Waals surface area contributed by atoms with Crippen LogP contribution >= 0.6 is 11.3 Å². The lowest BCUT2D eigenvalue weighted by Gasteiger charge is -2.13. The molecule has 4 nitrogen and oxygen atoms in total. The van der Waals surface area contributed by atoms with E-state index in [9.17, 15) is 4.79 Å². The van der Waals surface area contributed by atoms with Crippen LogP contribution in [-0.4, -0.2) is 29.9 Å². The second-order valence-corrected chi connectivity index (χ2v) is 7.41. The number of carbonyl (C=O) groups excluding carboxylic acids is 1. The van der Waals surface area contributed by atoms with Crippen molar-refractivity contribution in [2.75, 3.05) is 14.1 Å². The maximum absolute atomic E-state index is 12.5. The van der Waals surface area contributed by atoms with Gasteiger partial charge in [0, 0.05) is 23.4 Å². The number of hydrogen-bond acceptors (Lipinski definition) is 4. The Balaban J connectivity index is 1.65. The van der Waals surface area contributed by atoms with Gasteiger partial charge >= 0.3 is 0 Å². The predicted octanol–water partition coefficient (Wildman–Crippen LogP) is 3.57. The van der Waals surface area contributed by atoms with E-state index in [4.69, 9.17) is 0 Å². The van der Waals surface area contributed by atoms with Crippen LogP contribution in [0.5, 0.6) is 0 Å². The van der Waals surface area contributed by atoms with Gasteiger partial charge in [0.05, 0.1) is 16.7 Å². The average molecular weight is 329 g/mol. The van der Waals surface area contributed by atoms with E-state index in [0.717, 1.165) is 17.8 Å². The highest BCUT2D eigenvalue weighted by Gasteiger charge is 2.27. The quantitative estimate of drug-likeness (QED) is 0.881. The monoisotopic (exact) mass is 329 g/mol. The van der Waals surface area contributed by atoms with Crippen LogP contribution < -0.4 is 5.32 Å². The third kappa shape index (κ3) is 4.18. The van der Waals surface area contributed by atoms with Gasteiger partial charge in [-0.3, -0.25) is 4.79 Å². The van der Waals surface area contributed by atoms with E-state index in [2.05, 4.69) is 20.6 Å². The van der Waals surface area contributed by atoms with Crippen molar-refractivity contribution in [2.24, 2.45) is 0 Å². The largest absolute Gasteiger partial charge is 0.344 e. The second kappa shape index (κ2) is 6.81. The van der Waals surface area contributed by atoms with Crippen molar-refractivity contribution in [1.29, 1.82) is 0 Å². The number of nitrogens with zero attached hydrogens (tertiary/aromatic N) is 2. The summed E-state index contributed by atoms with van der Waals surface area (Å²) < 4.78 is 0. The molecule has 0 bridgehead atoms. The minimum absolute atomic E-state index is 0.0425. The first-order chi connectivity index (χ1) is 11.0. The molecule has 0 unspecified atom stereocenters. The molecule has 1 saturated carbocycles. The van der Waals surface area contributed by atoms with Crippen molar-refractivity contribution in [2.45, 2.75) is 38.3 Å². The zero-order valence-electron chi connectivity index (χ0n) is 13.9. The van der Waals surface area contributed by atoms with E-state index in [-0.39, 0.29) is 11.9 Å². The predicted molar refractivity (Wildman–Crippen MR) is 93.8 cm³/mol. The molecule has 5 heteroatoms. The number of hydrogen-bond donors (Lipinski definition) is 1. The Kier molecular flexibility index (Phi) is 4.78. The fourth-order valence-corrected chi connectivity index (χ4v) is 3.63. The number of amides is 1. The van der Waals surface area contributed by atoms with E-state index < -0.39 is 0 Å². The van der Waals surface area contributed by atoms with Crippen molar-refractivity contribution in [1.82, 2.24) is 15.2 Å². The zero-order chi connectivity index (χ0) is 16.4.